The molecule has 0 saturated carbocycles. The molecule has 7 nitrogen and oxygen atoms in total. The molecule has 2 heterocycles. The van der Waals surface area contributed by atoms with Crippen molar-refractivity contribution in [2.75, 3.05) is 0 Å². The van der Waals surface area contributed by atoms with E-state index in [1.165, 1.54) is 12.3 Å². The molecule has 3 aromatic rings. The molecule has 1 atom stereocenters. The summed E-state index contributed by atoms with van der Waals surface area (Å²) in [4.78, 5) is 24.4. The third-order valence-corrected chi connectivity index (χ3v) is 4.47. The highest BCUT2D eigenvalue weighted by atomic mass is 35.5. The van der Waals surface area contributed by atoms with Gasteiger partial charge in [-0.3, -0.25) is 4.79 Å². The topological polar surface area (TPSA) is 81.3 Å². The van der Waals surface area contributed by atoms with Gasteiger partial charge >= 0.3 is 5.69 Å². The van der Waals surface area contributed by atoms with E-state index in [1.807, 2.05) is 0 Å². The van der Waals surface area contributed by atoms with Crippen LogP contribution in [-0.4, -0.2) is 25.3 Å². The number of carbonyl (C=O) groups excluding carboxylic acids is 1. The van der Waals surface area contributed by atoms with Crippen molar-refractivity contribution in [2.24, 2.45) is 0 Å². The number of nitrogens with one attached hydrogen (secondary N) is 1. The highest BCUT2D eigenvalue weighted by molar-refractivity contribution is 6.42. The highest BCUT2D eigenvalue weighted by Crippen LogP contribution is 2.25. The number of rotatable bonds is 4. The van der Waals surface area contributed by atoms with E-state index in [1.54, 1.807) is 25.1 Å². The number of fused-ring (bicyclic) bond motifs is 1. The largest absolute Gasteiger partial charge is 0.367 e. The molecule has 10 heteroatoms. The van der Waals surface area contributed by atoms with Crippen LogP contribution in [0.1, 0.15) is 18.5 Å². The lowest BCUT2D eigenvalue weighted by Gasteiger charge is -2.14. The molecule has 0 radical (unpaired) electrons. The number of amides is 1. The van der Waals surface area contributed by atoms with Gasteiger partial charge < -0.3 is 5.32 Å². The summed E-state index contributed by atoms with van der Waals surface area (Å²) >= 11 is 17.7. The molecular formula is C15H12Cl3N5O2. The Morgan fingerprint density at radius 3 is 2.72 bits per heavy atom. The monoisotopic (exact) mass is 399 g/mol. The number of nitrogens with zero attached hydrogens (tertiary/aromatic N) is 4. The van der Waals surface area contributed by atoms with E-state index in [2.05, 4.69) is 15.5 Å². The molecular weight excluding hydrogens is 389 g/mol. The zero-order valence-electron chi connectivity index (χ0n) is 12.9. The lowest BCUT2D eigenvalue weighted by molar-refractivity contribution is -0.122. The Hall–Kier alpha value is -2.09. The van der Waals surface area contributed by atoms with Crippen LogP contribution in [0.25, 0.3) is 5.65 Å². The smallest absolute Gasteiger partial charge is 0.348 e. The van der Waals surface area contributed by atoms with Crippen LogP contribution < -0.4 is 11.0 Å². The van der Waals surface area contributed by atoms with Gasteiger partial charge in [0.05, 0.1) is 27.3 Å². The summed E-state index contributed by atoms with van der Waals surface area (Å²) < 4.78 is 2.09. The lowest BCUT2D eigenvalue weighted by Crippen LogP contribution is -2.34. The number of carbonyl (C=O) groups is 1. The summed E-state index contributed by atoms with van der Waals surface area (Å²) in [6, 6.07) is 6.27. The van der Waals surface area contributed by atoms with Crippen LogP contribution in [0.4, 0.5) is 0 Å². The van der Waals surface area contributed by atoms with Gasteiger partial charge in [-0.1, -0.05) is 40.9 Å². The van der Waals surface area contributed by atoms with E-state index < -0.39 is 5.69 Å². The van der Waals surface area contributed by atoms with Gasteiger partial charge in [-0.05, 0) is 24.6 Å². The molecule has 130 valence electrons. The molecule has 0 bridgehead atoms. The number of benzene rings is 1. The molecule has 25 heavy (non-hydrogen) atoms. The molecule has 2 aromatic heterocycles. The Morgan fingerprint density at radius 1 is 1.24 bits per heavy atom. The van der Waals surface area contributed by atoms with Crippen molar-refractivity contribution in [3.05, 3.63) is 61.6 Å². The molecule has 1 aromatic carbocycles. The predicted molar refractivity (Wildman–Crippen MR) is 95.3 cm³/mol. The molecule has 0 saturated heterocycles. The second-order valence-corrected chi connectivity index (χ2v) is 6.60. The minimum absolute atomic E-state index is 0.245. The fourth-order valence-electron chi connectivity index (χ4n) is 2.28. The number of hydrogen-bond acceptors (Lipinski definition) is 4. The van der Waals surface area contributed by atoms with Gasteiger partial charge in [0, 0.05) is 6.07 Å². The van der Waals surface area contributed by atoms with E-state index in [9.17, 15) is 9.59 Å². The normalized spacial score (nSPS) is 12.3. The molecule has 1 amide bonds. The standard InChI is InChI=1S/C15H12Cl3N5O2/c1-8(9-2-3-11(17)12(18)4-9)20-14(24)7-22-15(25)23-13(21-22)5-10(16)6-19-23/h2-6,8H,7H2,1H3,(H,20,24)/t8-/m0/s1. The average molecular weight is 401 g/mol. The van der Waals surface area contributed by atoms with Crippen LogP contribution in [0, 0.1) is 0 Å². The summed E-state index contributed by atoms with van der Waals surface area (Å²) in [6.07, 6.45) is 1.33. The van der Waals surface area contributed by atoms with Crippen LogP contribution in [0.3, 0.4) is 0 Å². The zero-order valence-corrected chi connectivity index (χ0v) is 15.2. The summed E-state index contributed by atoms with van der Waals surface area (Å²) in [5.41, 5.74) is 0.533. The first-order chi connectivity index (χ1) is 11.8. The van der Waals surface area contributed by atoms with Crippen molar-refractivity contribution >= 4 is 46.4 Å². The van der Waals surface area contributed by atoms with E-state index >= 15 is 0 Å². The third-order valence-electron chi connectivity index (χ3n) is 3.52. The van der Waals surface area contributed by atoms with Gasteiger partial charge in [0.1, 0.15) is 6.54 Å². The van der Waals surface area contributed by atoms with E-state index in [0.29, 0.717) is 15.1 Å². The number of halogens is 3. The Kier molecular flexibility index (Phi) is 4.99. The molecule has 3 rings (SSSR count). The van der Waals surface area contributed by atoms with Gasteiger partial charge in [0.2, 0.25) is 5.91 Å². The van der Waals surface area contributed by atoms with E-state index in [4.69, 9.17) is 34.8 Å². The molecule has 0 fully saturated rings. The summed E-state index contributed by atoms with van der Waals surface area (Å²) in [5, 5.41) is 11.9. The molecule has 0 unspecified atom stereocenters. The van der Waals surface area contributed by atoms with Crippen molar-refractivity contribution in [3.8, 4) is 0 Å². The average Bonchev–Trinajstić information content (AvgIpc) is 2.85. The fourth-order valence-corrected chi connectivity index (χ4v) is 2.73. The first kappa shape index (κ1) is 17.7. The maximum atomic E-state index is 12.2. The van der Waals surface area contributed by atoms with Crippen LogP contribution in [0.2, 0.25) is 15.1 Å². The van der Waals surface area contributed by atoms with Gasteiger partial charge in [-0.15, -0.1) is 5.10 Å². The summed E-state index contributed by atoms with van der Waals surface area (Å²) in [6.45, 7) is 1.55. The molecule has 0 aliphatic rings. The third kappa shape index (κ3) is 3.78. The second kappa shape index (κ2) is 7.03. The summed E-state index contributed by atoms with van der Waals surface area (Å²) in [5.74, 6) is -0.379. The Labute approximate surface area is 157 Å². The van der Waals surface area contributed by atoms with Crippen LogP contribution >= 0.6 is 34.8 Å². The molecule has 1 N–H and O–H groups in total. The van der Waals surface area contributed by atoms with Gasteiger partial charge in [0.15, 0.2) is 5.65 Å². The van der Waals surface area contributed by atoms with E-state index in [-0.39, 0.29) is 24.1 Å². The Bertz CT molecular complexity index is 1010. The Balaban J connectivity index is 1.75. The maximum Gasteiger partial charge on any atom is 0.367 e. The highest BCUT2D eigenvalue weighted by Gasteiger charge is 2.15. The zero-order chi connectivity index (χ0) is 18.1. The first-order valence-electron chi connectivity index (χ1n) is 7.21. The lowest BCUT2D eigenvalue weighted by atomic mass is 10.1. The molecule has 0 aliphatic carbocycles. The van der Waals surface area contributed by atoms with Gasteiger partial charge in [-0.2, -0.15) is 9.61 Å². The number of hydrogen-bond donors (Lipinski definition) is 1. The van der Waals surface area contributed by atoms with Crippen LogP contribution in [0.15, 0.2) is 35.3 Å². The number of aromatic nitrogens is 4. The maximum absolute atomic E-state index is 12.2. The van der Waals surface area contributed by atoms with Crippen LogP contribution in [-0.2, 0) is 11.3 Å². The summed E-state index contributed by atoms with van der Waals surface area (Å²) in [7, 11) is 0. The fraction of sp³-hybridized carbons (Fsp3) is 0.200. The molecule has 0 aliphatic heterocycles. The first-order valence-corrected chi connectivity index (χ1v) is 8.34. The molecule has 0 spiro atoms. The second-order valence-electron chi connectivity index (χ2n) is 5.35. The van der Waals surface area contributed by atoms with Crippen molar-refractivity contribution in [1.29, 1.82) is 0 Å². The van der Waals surface area contributed by atoms with Crippen molar-refractivity contribution in [3.63, 3.8) is 0 Å². The van der Waals surface area contributed by atoms with Crippen molar-refractivity contribution < 1.29 is 4.79 Å². The minimum atomic E-state index is -0.524. The van der Waals surface area contributed by atoms with E-state index in [0.717, 1.165) is 14.8 Å². The SMILES string of the molecule is C[C@H](NC(=O)Cn1nc2cc(Cl)cnn2c1=O)c1ccc(Cl)c(Cl)c1. The quantitative estimate of drug-likeness (QED) is 0.730. The van der Waals surface area contributed by atoms with Crippen molar-refractivity contribution in [1.82, 2.24) is 24.7 Å². The Morgan fingerprint density at radius 2 is 2.00 bits per heavy atom. The van der Waals surface area contributed by atoms with Crippen LogP contribution in [0.5, 0.6) is 0 Å². The predicted octanol–water partition coefficient (Wildman–Crippen LogP) is 2.73. The van der Waals surface area contributed by atoms with Crippen molar-refractivity contribution in [2.45, 2.75) is 19.5 Å². The van der Waals surface area contributed by atoms with Gasteiger partial charge in [0.25, 0.3) is 0 Å². The van der Waals surface area contributed by atoms with Gasteiger partial charge in [-0.25, -0.2) is 9.48 Å². The minimum Gasteiger partial charge on any atom is -0.348 e.